The molecule has 3 aromatic carbocycles. The summed E-state index contributed by atoms with van der Waals surface area (Å²) in [6.07, 6.45) is 0. The number of imidazole rings is 1. The van der Waals surface area contributed by atoms with Crippen LogP contribution in [0.15, 0.2) is 66.7 Å². The Labute approximate surface area is 187 Å². The van der Waals surface area contributed by atoms with Crippen LogP contribution in [-0.4, -0.2) is 28.0 Å². The molecule has 0 bridgehead atoms. The Morgan fingerprint density at radius 3 is 2.35 bits per heavy atom. The minimum Gasteiger partial charge on any atom is -0.465 e. The van der Waals surface area contributed by atoms with Gasteiger partial charge in [-0.2, -0.15) is 0 Å². The Kier molecular flexibility index (Phi) is 4.85. The number of nitrogens with one attached hydrogen (secondary N) is 1. The molecular formula is C24H15Cl2N3O2. The number of rotatable bonds is 3. The molecule has 0 atom stereocenters. The molecule has 5 rings (SSSR count). The first kappa shape index (κ1) is 19.5. The smallest absolute Gasteiger partial charge is 0.340 e. The van der Waals surface area contributed by atoms with Crippen LogP contribution in [0, 0.1) is 0 Å². The third kappa shape index (κ3) is 3.42. The van der Waals surface area contributed by atoms with Gasteiger partial charge in [0.05, 0.1) is 29.2 Å². The summed E-state index contributed by atoms with van der Waals surface area (Å²) in [7, 11) is 1.35. The van der Waals surface area contributed by atoms with E-state index < -0.39 is 5.97 Å². The van der Waals surface area contributed by atoms with Gasteiger partial charge >= 0.3 is 5.97 Å². The van der Waals surface area contributed by atoms with Crippen LogP contribution >= 0.6 is 23.2 Å². The van der Waals surface area contributed by atoms with Crippen LogP contribution in [0.2, 0.25) is 10.0 Å². The fourth-order valence-electron chi connectivity index (χ4n) is 3.71. The van der Waals surface area contributed by atoms with Gasteiger partial charge in [0.15, 0.2) is 5.82 Å². The molecule has 2 heterocycles. The molecule has 0 unspecified atom stereocenters. The number of fused-ring (bicyclic) bond motifs is 2. The molecule has 0 aliphatic carbocycles. The molecule has 152 valence electrons. The summed E-state index contributed by atoms with van der Waals surface area (Å²) >= 11 is 12.4. The van der Waals surface area contributed by atoms with E-state index in [1.54, 1.807) is 24.3 Å². The fraction of sp³-hybridized carbons (Fsp3) is 0.0417. The topological polar surface area (TPSA) is 67.9 Å². The summed E-state index contributed by atoms with van der Waals surface area (Å²) in [4.78, 5) is 25.7. The van der Waals surface area contributed by atoms with Crippen LogP contribution in [0.25, 0.3) is 44.6 Å². The van der Waals surface area contributed by atoms with E-state index >= 15 is 0 Å². The summed E-state index contributed by atoms with van der Waals surface area (Å²) in [5.74, 6) is -0.0617. The van der Waals surface area contributed by atoms with Crippen molar-refractivity contribution >= 4 is 51.1 Å². The number of H-pyrrole nitrogens is 1. The Morgan fingerprint density at radius 1 is 0.903 bits per heavy atom. The van der Waals surface area contributed by atoms with Gasteiger partial charge in [0.25, 0.3) is 0 Å². The zero-order chi connectivity index (χ0) is 21.5. The van der Waals surface area contributed by atoms with Crippen LogP contribution in [0.1, 0.15) is 10.4 Å². The maximum absolute atomic E-state index is 13.0. The lowest BCUT2D eigenvalue weighted by Crippen LogP contribution is -2.09. The molecule has 0 saturated heterocycles. The molecule has 0 fully saturated rings. The van der Waals surface area contributed by atoms with Gasteiger partial charge in [-0.25, -0.2) is 14.8 Å². The van der Waals surface area contributed by atoms with Gasteiger partial charge in [0.2, 0.25) is 0 Å². The highest BCUT2D eigenvalue weighted by atomic mass is 35.5. The van der Waals surface area contributed by atoms with Gasteiger partial charge in [0, 0.05) is 21.0 Å². The molecule has 7 heteroatoms. The van der Waals surface area contributed by atoms with Crippen molar-refractivity contribution in [2.75, 3.05) is 7.11 Å². The van der Waals surface area contributed by atoms with E-state index in [2.05, 4.69) is 9.97 Å². The predicted octanol–water partition coefficient (Wildman–Crippen LogP) is 6.54. The number of pyridine rings is 1. The summed E-state index contributed by atoms with van der Waals surface area (Å²) in [6, 6.07) is 20.4. The van der Waals surface area contributed by atoms with E-state index in [0.29, 0.717) is 38.2 Å². The number of aromatic nitrogens is 3. The van der Waals surface area contributed by atoms with Gasteiger partial charge in [-0.3, -0.25) is 0 Å². The maximum Gasteiger partial charge on any atom is 0.340 e. The number of aromatic amines is 1. The highest BCUT2D eigenvalue weighted by molar-refractivity contribution is 6.32. The van der Waals surface area contributed by atoms with Crippen LogP contribution in [-0.2, 0) is 4.74 Å². The average molecular weight is 448 g/mol. The zero-order valence-electron chi connectivity index (χ0n) is 16.3. The molecule has 0 spiro atoms. The standard InChI is InChI=1S/C24H15Cl2N3O2/c1-31-24(30)21-20(13-5-3-2-4-6-13)16-11-14(25)7-9-17(16)27-22(21)23-28-18-10-8-15(26)12-19(18)29-23/h2-12H,1H3,(H,28,29). The van der Waals surface area contributed by atoms with E-state index in [1.807, 2.05) is 42.5 Å². The zero-order valence-corrected chi connectivity index (χ0v) is 17.8. The number of carbonyl (C=O) groups is 1. The number of hydrogen-bond acceptors (Lipinski definition) is 4. The quantitative estimate of drug-likeness (QED) is 0.318. The second-order valence-corrected chi connectivity index (χ2v) is 7.85. The molecule has 1 N–H and O–H groups in total. The van der Waals surface area contributed by atoms with Crippen molar-refractivity contribution in [1.82, 2.24) is 15.0 Å². The minimum atomic E-state index is -0.512. The molecule has 0 radical (unpaired) electrons. The largest absolute Gasteiger partial charge is 0.465 e. The number of carbonyl (C=O) groups excluding carboxylic acids is 1. The van der Waals surface area contributed by atoms with Crippen molar-refractivity contribution < 1.29 is 9.53 Å². The average Bonchev–Trinajstić information content (AvgIpc) is 3.21. The van der Waals surface area contributed by atoms with Crippen molar-refractivity contribution in [3.8, 4) is 22.6 Å². The van der Waals surface area contributed by atoms with Crippen molar-refractivity contribution in [3.05, 3.63) is 82.3 Å². The van der Waals surface area contributed by atoms with Gasteiger partial charge in [-0.1, -0.05) is 53.5 Å². The number of benzene rings is 3. The molecule has 5 aromatic rings. The Morgan fingerprint density at radius 2 is 1.61 bits per heavy atom. The van der Waals surface area contributed by atoms with Crippen LogP contribution < -0.4 is 0 Å². The minimum absolute atomic E-state index is 0.314. The molecule has 5 nitrogen and oxygen atoms in total. The normalized spacial score (nSPS) is 11.2. The highest BCUT2D eigenvalue weighted by Gasteiger charge is 2.26. The third-order valence-corrected chi connectivity index (χ3v) is 5.54. The van der Waals surface area contributed by atoms with Crippen molar-refractivity contribution in [2.24, 2.45) is 0 Å². The molecule has 31 heavy (non-hydrogen) atoms. The lowest BCUT2D eigenvalue weighted by molar-refractivity contribution is 0.0602. The molecule has 2 aromatic heterocycles. The predicted molar refractivity (Wildman–Crippen MR) is 124 cm³/mol. The van der Waals surface area contributed by atoms with Gasteiger partial charge < -0.3 is 9.72 Å². The first-order valence-corrected chi connectivity index (χ1v) is 10.2. The second-order valence-electron chi connectivity index (χ2n) is 6.98. The van der Waals surface area contributed by atoms with E-state index in [0.717, 1.165) is 22.0 Å². The molecule has 0 aliphatic rings. The number of nitrogens with zero attached hydrogens (tertiary/aromatic N) is 2. The number of methoxy groups -OCH3 is 1. The van der Waals surface area contributed by atoms with E-state index in [1.165, 1.54) is 7.11 Å². The van der Waals surface area contributed by atoms with Gasteiger partial charge in [-0.05, 0) is 42.0 Å². The van der Waals surface area contributed by atoms with Crippen molar-refractivity contribution in [2.45, 2.75) is 0 Å². The molecule has 0 saturated carbocycles. The fourth-order valence-corrected chi connectivity index (χ4v) is 4.05. The number of ether oxygens (including phenoxy) is 1. The maximum atomic E-state index is 13.0. The van der Waals surface area contributed by atoms with Crippen LogP contribution in [0.5, 0.6) is 0 Å². The first-order chi connectivity index (χ1) is 15.0. The van der Waals surface area contributed by atoms with Crippen molar-refractivity contribution in [1.29, 1.82) is 0 Å². The number of hydrogen-bond donors (Lipinski definition) is 1. The Balaban J connectivity index is 1.92. The summed E-state index contributed by atoms with van der Waals surface area (Å²) in [5, 5.41) is 1.89. The molecule has 0 aliphatic heterocycles. The highest BCUT2D eigenvalue weighted by Crippen LogP contribution is 2.38. The summed E-state index contributed by atoms with van der Waals surface area (Å²) < 4.78 is 5.16. The van der Waals surface area contributed by atoms with Gasteiger partial charge in [0.1, 0.15) is 5.69 Å². The Hall–Kier alpha value is -3.41. The first-order valence-electron chi connectivity index (χ1n) is 9.48. The summed E-state index contributed by atoms with van der Waals surface area (Å²) in [6.45, 7) is 0. The van der Waals surface area contributed by atoms with E-state index in [9.17, 15) is 4.79 Å². The molecule has 0 amide bonds. The Bertz CT molecular complexity index is 1460. The lowest BCUT2D eigenvalue weighted by Gasteiger charge is -2.15. The molecular weight excluding hydrogens is 433 g/mol. The lowest BCUT2D eigenvalue weighted by atomic mass is 9.94. The third-order valence-electron chi connectivity index (χ3n) is 5.07. The van der Waals surface area contributed by atoms with E-state index in [4.69, 9.17) is 32.9 Å². The summed E-state index contributed by atoms with van der Waals surface area (Å²) in [5.41, 5.74) is 4.39. The monoisotopic (exact) mass is 447 g/mol. The number of halogens is 2. The van der Waals surface area contributed by atoms with Crippen LogP contribution in [0.4, 0.5) is 0 Å². The van der Waals surface area contributed by atoms with Gasteiger partial charge in [-0.15, -0.1) is 0 Å². The SMILES string of the molecule is COC(=O)c1c(-c2nc3ccc(Cl)cc3[nH]2)nc2ccc(Cl)cc2c1-c1ccccc1. The van der Waals surface area contributed by atoms with Crippen LogP contribution in [0.3, 0.4) is 0 Å². The second kappa shape index (κ2) is 7.69. The van der Waals surface area contributed by atoms with E-state index in [-0.39, 0.29) is 0 Å². The number of esters is 1. The van der Waals surface area contributed by atoms with Crippen molar-refractivity contribution in [3.63, 3.8) is 0 Å².